The van der Waals surface area contributed by atoms with Gasteiger partial charge in [-0.2, -0.15) is 0 Å². The molecule has 0 fully saturated rings. The van der Waals surface area contributed by atoms with Crippen LogP contribution in [-0.4, -0.2) is 11.2 Å². The highest BCUT2D eigenvalue weighted by Gasteiger charge is 2.19. The predicted molar refractivity (Wildman–Crippen MR) is 60.1 cm³/mol. The fraction of sp³-hybridized carbons (Fsp3) is 0.538. The summed E-state index contributed by atoms with van der Waals surface area (Å²) in [7, 11) is 0. The zero-order valence-corrected chi connectivity index (χ0v) is 9.93. The number of benzene rings is 1. The van der Waals surface area contributed by atoms with E-state index < -0.39 is 17.7 Å². The summed E-state index contributed by atoms with van der Waals surface area (Å²) in [6, 6.07) is 3.74. The van der Waals surface area contributed by atoms with E-state index in [1.165, 1.54) is 18.2 Å². The van der Waals surface area contributed by atoms with Crippen LogP contribution >= 0.6 is 0 Å². The maximum atomic E-state index is 13.3. The first kappa shape index (κ1) is 13.1. The van der Waals surface area contributed by atoms with Gasteiger partial charge in [-0.3, -0.25) is 0 Å². The van der Waals surface area contributed by atoms with Crippen LogP contribution in [0.25, 0.3) is 0 Å². The van der Waals surface area contributed by atoms with Crippen LogP contribution in [0.15, 0.2) is 18.2 Å². The van der Waals surface area contributed by atoms with Gasteiger partial charge in [0, 0.05) is 12.0 Å². The van der Waals surface area contributed by atoms with Crippen molar-refractivity contribution in [1.82, 2.24) is 0 Å². The van der Waals surface area contributed by atoms with Crippen molar-refractivity contribution in [2.75, 3.05) is 0 Å². The Kier molecular flexibility index (Phi) is 4.03. The van der Waals surface area contributed by atoms with E-state index in [0.717, 1.165) is 0 Å². The first-order valence-corrected chi connectivity index (χ1v) is 5.40. The molecule has 1 nitrogen and oxygen atoms in total. The molecule has 1 N–H and O–H groups in total. The highest BCUT2D eigenvalue weighted by molar-refractivity contribution is 5.20. The molecule has 0 heterocycles. The lowest BCUT2D eigenvalue weighted by molar-refractivity contribution is 0.119. The van der Waals surface area contributed by atoms with Crippen LogP contribution < -0.4 is 0 Å². The molecule has 0 aliphatic carbocycles. The quantitative estimate of drug-likeness (QED) is 0.841. The Morgan fingerprint density at radius 2 is 1.69 bits per heavy atom. The van der Waals surface area contributed by atoms with E-state index in [-0.39, 0.29) is 17.4 Å². The lowest BCUT2D eigenvalue weighted by Gasteiger charge is -2.22. The van der Waals surface area contributed by atoms with Crippen LogP contribution in [0, 0.1) is 17.0 Å². The normalized spacial score (nSPS) is 13.9. The van der Waals surface area contributed by atoms with Gasteiger partial charge < -0.3 is 5.11 Å². The maximum absolute atomic E-state index is 13.3. The molecule has 90 valence electrons. The van der Waals surface area contributed by atoms with Gasteiger partial charge in [0.05, 0.1) is 6.10 Å². The van der Waals surface area contributed by atoms with Crippen molar-refractivity contribution < 1.29 is 13.9 Å². The topological polar surface area (TPSA) is 20.2 Å². The summed E-state index contributed by atoms with van der Waals surface area (Å²) in [5.41, 5.74) is -0.0829. The van der Waals surface area contributed by atoms with Crippen molar-refractivity contribution in [1.29, 1.82) is 0 Å². The van der Waals surface area contributed by atoms with E-state index >= 15 is 0 Å². The minimum absolute atomic E-state index is 0.0236. The molecule has 16 heavy (non-hydrogen) atoms. The summed E-state index contributed by atoms with van der Waals surface area (Å²) in [5, 5.41) is 9.75. The first-order chi connectivity index (χ1) is 7.29. The van der Waals surface area contributed by atoms with Crippen LogP contribution in [0.2, 0.25) is 0 Å². The number of rotatable bonds is 3. The van der Waals surface area contributed by atoms with Gasteiger partial charge in [0.2, 0.25) is 0 Å². The van der Waals surface area contributed by atoms with Gasteiger partial charge >= 0.3 is 0 Å². The number of hydrogen-bond acceptors (Lipinski definition) is 1. The zero-order valence-electron chi connectivity index (χ0n) is 9.93. The van der Waals surface area contributed by atoms with Gasteiger partial charge in [0.15, 0.2) is 0 Å². The second kappa shape index (κ2) is 4.91. The van der Waals surface area contributed by atoms with Crippen LogP contribution in [0.1, 0.15) is 32.8 Å². The Bertz CT molecular complexity index is 335. The summed E-state index contributed by atoms with van der Waals surface area (Å²) in [6.07, 6.45) is -0.178. The molecule has 0 saturated heterocycles. The van der Waals surface area contributed by atoms with Crippen molar-refractivity contribution in [2.45, 2.75) is 39.7 Å². The Morgan fingerprint density at radius 1 is 1.19 bits per heavy atom. The molecule has 1 rings (SSSR count). The number of halogens is 2. The fourth-order valence-corrected chi connectivity index (χ4v) is 1.74. The van der Waals surface area contributed by atoms with Crippen LogP contribution in [0.3, 0.4) is 0 Å². The van der Waals surface area contributed by atoms with Gasteiger partial charge in [-0.15, -0.1) is 0 Å². The summed E-state index contributed by atoms with van der Waals surface area (Å²) >= 11 is 0. The fourth-order valence-electron chi connectivity index (χ4n) is 1.74. The third-order valence-corrected chi connectivity index (χ3v) is 2.35. The van der Waals surface area contributed by atoms with E-state index in [1.807, 2.05) is 20.8 Å². The largest absolute Gasteiger partial charge is 0.393 e. The van der Waals surface area contributed by atoms with Gasteiger partial charge in [-0.05, 0) is 24.0 Å². The molecule has 0 spiro atoms. The number of aliphatic hydroxyl groups excluding tert-OH is 1. The highest BCUT2D eigenvalue weighted by atomic mass is 19.1. The molecule has 0 saturated carbocycles. The third-order valence-electron chi connectivity index (χ3n) is 2.35. The summed E-state index contributed by atoms with van der Waals surface area (Å²) in [5.74, 6) is -1.18. The summed E-state index contributed by atoms with van der Waals surface area (Å²) in [6.45, 7) is 5.94. The molecule has 1 aromatic carbocycles. The lowest BCUT2D eigenvalue weighted by Crippen LogP contribution is -2.20. The van der Waals surface area contributed by atoms with Crippen molar-refractivity contribution in [3.05, 3.63) is 35.4 Å². The minimum atomic E-state index is -0.716. The Morgan fingerprint density at radius 3 is 2.12 bits per heavy atom. The van der Waals surface area contributed by atoms with E-state index in [2.05, 4.69) is 0 Å². The van der Waals surface area contributed by atoms with E-state index in [1.54, 1.807) is 0 Å². The molecular formula is C13H18F2O. The van der Waals surface area contributed by atoms with Crippen molar-refractivity contribution >= 4 is 0 Å². The highest BCUT2D eigenvalue weighted by Crippen LogP contribution is 2.24. The van der Waals surface area contributed by atoms with Crippen molar-refractivity contribution in [3.63, 3.8) is 0 Å². The first-order valence-electron chi connectivity index (χ1n) is 5.40. The lowest BCUT2D eigenvalue weighted by atomic mass is 9.87. The van der Waals surface area contributed by atoms with E-state index in [9.17, 15) is 13.9 Å². The molecule has 0 aliphatic heterocycles. The summed E-state index contributed by atoms with van der Waals surface area (Å²) < 4.78 is 26.6. The second-order valence-corrected chi connectivity index (χ2v) is 5.32. The number of aliphatic hydroxyl groups is 1. The average molecular weight is 228 g/mol. The molecule has 1 aromatic rings. The van der Waals surface area contributed by atoms with Gasteiger partial charge in [0.1, 0.15) is 11.6 Å². The van der Waals surface area contributed by atoms with Crippen LogP contribution in [0.4, 0.5) is 8.78 Å². The standard InChI is InChI=1S/C13H18F2O/c1-13(2,3)8-9(16)7-10-11(14)5-4-6-12(10)15/h4-6,9,16H,7-8H2,1-3H3. The predicted octanol–water partition coefficient (Wildman–Crippen LogP) is 3.30. The molecule has 3 heteroatoms. The smallest absolute Gasteiger partial charge is 0.129 e. The Hall–Kier alpha value is -0.960. The van der Waals surface area contributed by atoms with Gasteiger partial charge in [-0.25, -0.2) is 8.78 Å². The Labute approximate surface area is 95.1 Å². The molecule has 0 bridgehead atoms. The van der Waals surface area contributed by atoms with E-state index in [4.69, 9.17) is 0 Å². The molecule has 0 aliphatic rings. The maximum Gasteiger partial charge on any atom is 0.129 e. The van der Waals surface area contributed by atoms with Gasteiger partial charge in [0.25, 0.3) is 0 Å². The SMILES string of the molecule is CC(C)(C)CC(O)Cc1c(F)cccc1F. The molecule has 1 atom stereocenters. The molecule has 0 radical (unpaired) electrons. The van der Waals surface area contributed by atoms with Crippen molar-refractivity contribution in [2.24, 2.45) is 5.41 Å². The van der Waals surface area contributed by atoms with Gasteiger partial charge in [-0.1, -0.05) is 26.8 Å². The molecule has 1 unspecified atom stereocenters. The van der Waals surface area contributed by atoms with Crippen molar-refractivity contribution in [3.8, 4) is 0 Å². The second-order valence-electron chi connectivity index (χ2n) is 5.32. The molecular weight excluding hydrogens is 210 g/mol. The Balaban J connectivity index is 2.73. The number of hydrogen-bond donors (Lipinski definition) is 1. The minimum Gasteiger partial charge on any atom is -0.393 e. The third kappa shape index (κ3) is 3.89. The van der Waals surface area contributed by atoms with E-state index in [0.29, 0.717) is 6.42 Å². The molecule has 0 aromatic heterocycles. The van der Waals surface area contributed by atoms with Crippen LogP contribution in [0.5, 0.6) is 0 Å². The monoisotopic (exact) mass is 228 g/mol. The summed E-state index contributed by atoms with van der Waals surface area (Å²) in [4.78, 5) is 0. The average Bonchev–Trinajstić information content (AvgIpc) is 2.08. The zero-order chi connectivity index (χ0) is 12.3. The molecule has 0 amide bonds. The van der Waals surface area contributed by atoms with Crippen LogP contribution in [-0.2, 0) is 6.42 Å².